The highest BCUT2D eigenvalue weighted by Gasteiger charge is 2.37. The number of rotatable bonds is 3. The molecular weight excluding hydrogens is 206 g/mol. The van der Waals surface area contributed by atoms with Crippen LogP contribution in [0.3, 0.4) is 0 Å². The summed E-state index contributed by atoms with van der Waals surface area (Å²) in [7, 11) is 1.59. The van der Waals surface area contributed by atoms with E-state index in [1.165, 1.54) is 6.92 Å². The minimum atomic E-state index is -0.337. The third-order valence-electron chi connectivity index (χ3n) is 3.49. The molecule has 1 fully saturated rings. The highest BCUT2D eigenvalue weighted by atomic mass is 16.6. The summed E-state index contributed by atoms with van der Waals surface area (Å²) in [5, 5.41) is 2.76. The lowest BCUT2D eigenvalue weighted by atomic mass is 9.79. The summed E-state index contributed by atoms with van der Waals surface area (Å²) >= 11 is 0. The van der Waals surface area contributed by atoms with Gasteiger partial charge in [0, 0.05) is 14.0 Å². The maximum atomic E-state index is 11.0. The Morgan fingerprint density at radius 1 is 1.56 bits per heavy atom. The molecule has 0 saturated carbocycles. The van der Waals surface area contributed by atoms with Gasteiger partial charge in [0.05, 0.1) is 6.10 Å². The lowest BCUT2D eigenvalue weighted by Crippen LogP contribution is -2.50. The molecule has 0 radical (unpaired) electrons. The third kappa shape index (κ3) is 3.19. The molecule has 0 aromatic carbocycles. The predicted octanol–water partition coefficient (Wildman–Crippen LogP) is 1.69. The van der Waals surface area contributed by atoms with E-state index >= 15 is 0 Å². The molecule has 0 aromatic rings. The van der Waals surface area contributed by atoms with E-state index in [0.717, 1.165) is 12.8 Å². The van der Waals surface area contributed by atoms with Gasteiger partial charge in [0.2, 0.25) is 5.91 Å². The lowest BCUT2D eigenvalue weighted by molar-refractivity contribution is -0.164. The fraction of sp³-hybridized carbons (Fsp3) is 0.917. The highest BCUT2D eigenvalue weighted by Crippen LogP contribution is 2.36. The van der Waals surface area contributed by atoms with E-state index < -0.39 is 0 Å². The fourth-order valence-corrected chi connectivity index (χ4v) is 1.96. The Morgan fingerprint density at radius 2 is 2.19 bits per heavy atom. The van der Waals surface area contributed by atoms with Crippen molar-refractivity contribution in [3.63, 3.8) is 0 Å². The number of hydrogen-bond acceptors (Lipinski definition) is 3. The average Bonchev–Trinajstić information content (AvgIpc) is 2.18. The van der Waals surface area contributed by atoms with E-state index in [-0.39, 0.29) is 29.8 Å². The van der Waals surface area contributed by atoms with Crippen molar-refractivity contribution in [3.8, 4) is 0 Å². The molecule has 1 unspecified atom stereocenters. The van der Waals surface area contributed by atoms with Crippen LogP contribution in [0.15, 0.2) is 0 Å². The molecule has 0 bridgehead atoms. The van der Waals surface area contributed by atoms with E-state index in [4.69, 9.17) is 9.47 Å². The van der Waals surface area contributed by atoms with Gasteiger partial charge in [0.1, 0.15) is 6.10 Å². The summed E-state index contributed by atoms with van der Waals surface area (Å²) in [6.45, 7) is 7.97. The van der Waals surface area contributed by atoms with Crippen LogP contribution in [0.2, 0.25) is 0 Å². The Hall–Kier alpha value is -0.610. The molecule has 0 aliphatic carbocycles. The van der Waals surface area contributed by atoms with E-state index in [9.17, 15) is 4.79 Å². The number of methoxy groups -OCH3 is 1. The first-order chi connectivity index (χ1) is 7.36. The Labute approximate surface area is 97.7 Å². The van der Waals surface area contributed by atoms with E-state index in [1.807, 2.05) is 0 Å². The Kier molecular flexibility index (Phi) is 4.33. The molecular formula is C12H23NO3. The van der Waals surface area contributed by atoms with Crippen molar-refractivity contribution in [2.75, 3.05) is 7.11 Å². The average molecular weight is 229 g/mol. The van der Waals surface area contributed by atoms with Gasteiger partial charge in [-0.3, -0.25) is 4.79 Å². The SMILES string of the molecule is CO[C@@H](NC(C)=O)[C@H]1CCC(C)(C)C(C)O1. The van der Waals surface area contributed by atoms with Gasteiger partial charge >= 0.3 is 0 Å². The molecule has 0 spiro atoms. The van der Waals surface area contributed by atoms with Crippen molar-refractivity contribution in [1.82, 2.24) is 5.32 Å². The molecule has 1 aliphatic heterocycles. The largest absolute Gasteiger partial charge is 0.370 e. The zero-order chi connectivity index (χ0) is 12.3. The summed E-state index contributed by atoms with van der Waals surface area (Å²) in [6, 6.07) is 0. The molecule has 1 saturated heterocycles. The van der Waals surface area contributed by atoms with Gasteiger partial charge in [-0.05, 0) is 25.2 Å². The second-order valence-electron chi connectivity index (χ2n) is 5.20. The summed E-state index contributed by atoms with van der Waals surface area (Å²) in [5.41, 5.74) is 0.199. The van der Waals surface area contributed by atoms with Gasteiger partial charge in [-0.1, -0.05) is 13.8 Å². The van der Waals surface area contributed by atoms with Gasteiger partial charge in [0.25, 0.3) is 0 Å². The number of nitrogens with one attached hydrogen (secondary N) is 1. The normalized spacial score (nSPS) is 30.8. The maximum absolute atomic E-state index is 11.0. The van der Waals surface area contributed by atoms with Crippen LogP contribution in [-0.4, -0.2) is 31.5 Å². The standard InChI is InChI=1S/C12H23NO3/c1-8-12(3,4)7-6-10(16-8)11(15-5)13-9(2)14/h8,10-11H,6-7H2,1-5H3,(H,13,14)/t8?,10-,11-/m1/s1. The highest BCUT2D eigenvalue weighted by molar-refractivity contribution is 5.73. The molecule has 3 atom stereocenters. The molecule has 1 aliphatic rings. The lowest BCUT2D eigenvalue weighted by Gasteiger charge is -2.42. The van der Waals surface area contributed by atoms with Gasteiger partial charge in [-0.2, -0.15) is 0 Å². The number of hydrogen-bond donors (Lipinski definition) is 1. The summed E-state index contributed by atoms with van der Waals surface area (Å²) in [5.74, 6) is -0.0899. The Bertz CT molecular complexity index is 253. The fourth-order valence-electron chi connectivity index (χ4n) is 1.96. The first-order valence-electron chi connectivity index (χ1n) is 5.82. The molecule has 1 rings (SSSR count). The van der Waals surface area contributed by atoms with Gasteiger partial charge in [-0.15, -0.1) is 0 Å². The van der Waals surface area contributed by atoms with Gasteiger partial charge in [-0.25, -0.2) is 0 Å². The first-order valence-corrected chi connectivity index (χ1v) is 5.82. The minimum absolute atomic E-state index is 0.0445. The Morgan fingerprint density at radius 3 is 2.62 bits per heavy atom. The quantitative estimate of drug-likeness (QED) is 0.749. The molecule has 1 amide bonds. The monoisotopic (exact) mass is 229 g/mol. The van der Waals surface area contributed by atoms with Crippen molar-refractivity contribution in [1.29, 1.82) is 0 Å². The second kappa shape index (κ2) is 5.15. The van der Waals surface area contributed by atoms with Gasteiger partial charge < -0.3 is 14.8 Å². The number of carbonyl (C=O) groups excluding carboxylic acids is 1. The van der Waals surface area contributed by atoms with Gasteiger partial charge in [0.15, 0.2) is 6.23 Å². The molecule has 4 heteroatoms. The van der Waals surface area contributed by atoms with E-state index in [2.05, 4.69) is 26.1 Å². The van der Waals surface area contributed by atoms with Crippen LogP contribution in [0, 0.1) is 5.41 Å². The number of ether oxygens (including phenoxy) is 2. The molecule has 0 aromatic heterocycles. The second-order valence-corrected chi connectivity index (χ2v) is 5.20. The van der Waals surface area contributed by atoms with Crippen molar-refractivity contribution in [2.45, 2.75) is 59.0 Å². The van der Waals surface area contributed by atoms with Crippen LogP contribution in [0.5, 0.6) is 0 Å². The van der Waals surface area contributed by atoms with Crippen LogP contribution in [-0.2, 0) is 14.3 Å². The molecule has 16 heavy (non-hydrogen) atoms. The molecule has 94 valence electrons. The maximum Gasteiger partial charge on any atom is 0.218 e. The van der Waals surface area contributed by atoms with E-state index in [0.29, 0.717) is 0 Å². The zero-order valence-electron chi connectivity index (χ0n) is 10.9. The van der Waals surface area contributed by atoms with E-state index in [1.54, 1.807) is 7.11 Å². The first kappa shape index (κ1) is 13.5. The molecule has 4 nitrogen and oxygen atoms in total. The summed E-state index contributed by atoms with van der Waals surface area (Å²) in [4.78, 5) is 11.0. The number of amides is 1. The summed E-state index contributed by atoms with van der Waals surface area (Å²) < 4.78 is 11.2. The molecule has 1 heterocycles. The van der Waals surface area contributed by atoms with Crippen molar-refractivity contribution in [3.05, 3.63) is 0 Å². The van der Waals surface area contributed by atoms with Crippen molar-refractivity contribution in [2.24, 2.45) is 5.41 Å². The van der Waals surface area contributed by atoms with Crippen molar-refractivity contribution < 1.29 is 14.3 Å². The van der Waals surface area contributed by atoms with Crippen LogP contribution < -0.4 is 5.32 Å². The zero-order valence-corrected chi connectivity index (χ0v) is 10.9. The van der Waals surface area contributed by atoms with Crippen LogP contribution in [0.4, 0.5) is 0 Å². The Balaban J connectivity index is 2.58. The minimum Gasteiger partial charge on any atom is -0.370 e. The predicted molar refractivity (Wildman–Crippen MR) is 62.0 cm³/mol. The smallest absolute Gasteiger partial charge is 0.218 e. The van der Waals surface area contributed by atoms with Crippen LogP contribution in [0.25, 0.3) is 0 Å². The number of carbonyl (C=O) groups is 1. The van der Waals surface area contributed by atoms with Crippen LogP contribution in [0.1, 0.15) is 40.5 Å². The topological polar surface area (TPSA) is 47.6 Å². The third-order valence-corrected chi connectivity index (χ3v) is 3.49. The molecule has 1 N–H and O–H groups in total. The van der Waals surface area contributed by atoms with Crippen LogP contribution >= 0.6 is 0 Å². The van der Waals surface area contributed by atoms with Crippen molar-refractivity contribution >= 4 is 5.91 Å². The summed E-state index contributed by atoms with van der Waals surface area (Å²) in [6.07, 6.45) is 1.79.